The number of methoxy groups -OCH3 is 1. The molecular formula is C10H14INO3. The second-order valence-corrected chi connectivity index (χ2v) is 4.41. The van der Waals surface area contributed by atoms with E-state index in [2.05, 4.69) is 22.6 Å². The van der Waals surface area contributed by atoms with Gasteiger partial charge in [0, 0.05) is 21.8 Å². The Morgan fingerprint density at radius 2 is 2.20 bits per heavy atom. The Labute approximate surface area is 102 Å². The number of hydrogen-bond acceptors (Lipinski definition) is 4. The Balaban J connectivity index is 3.11. The maximum Gasteiger partial charge on any atom is 0.162 e. The largest absolute Gasteiger partial charge is 0.504 e. The van der Waals surface area contributed by atoms with Crippen molar-refractivity contribution in [1.82, 2.24) is 0 Å². The van der Waals surface area contributed by atoms with Crippen LogP contribution in [-0.4, -0.2) is 23.9 Å². The van der Waals surface area contributed by atoms with Gasteiger partial charge in [-0.2, -0.15) is 0 Å². The Kier molecular flexibility index (Phi) is 4.62. The van der Waals surface area contributed by atoms with Crippen LogP contribution in [0.1, 0.15) is 18.0 Å². The van der Waals surface area contributed by atoms with Crippen molar-refractivity contribution >= 4 is 22.6 Å². The van der Waals surface area contributed by atoms with Gasteiger partial charge >= 0.3 is 0 Å². The van der Waals surface area contributed by atoms with Crippen molar-refractivity contribution < 1.29 is 14.9 Å². The van der Waals surface area contributed by atoms with E-state index in [9.17, 15) is 5.11 Å². The summed E-state index contributed by atoms with van der Waals surface area (Å²) in [6.45, 7) is -0.00556. The third-order valence-electron chi connectivity index (χ3n) is 2.13. The van der Waals surface area contributed by atoms with Crippen LogP contribution in [0.3, 0.4) is 0 Å². The molecule has 1 aromatic carbocycles. The van der Waals surface area contributed by atoms with E-state index in [0.717, 1.165) is 3.57 Å². The minimum Gasteiger partial charge on any atom is -0.504 e. The fourth-order valence-corrected chi connectivity index (χ4v) is 1.95. The molecule has 5 heteroatoms. The molecule has 0 heterocycles. The molecule has 1 aromatic rings. The molecule has 0 spiro atoms. The zero-order valence-corrected chi connectivity index (χ0v) is 10.6. The van der Waals surface area contributed by atoms with Crippen LogP contribution in [0, 0.1) is 3.57 Å². The highest BCUT2D eigenvalue weighted by molar-refractivity contribution is 14.1. The molecule has 0 radical (unpaired) electrons. The molecule has 1 unspecified atom stereocenters. The number of ether oxygens (including phenoxy) is 1. The van der Waals surface area contributed by atoms with Crippen LogP contribution in [0.5, 0.6) is 11.5 Å². The third-order valence-corrected chi connectivity index (χ3v) is 2.75. The highest BCUT2D eigenvalue weighted by Gasteiger charge is 2.15. The van der Waals surface area contributed by atoms with Crippen molar-refractivity contribution in [2.45, 2.75) is 12.5 Å². The van der Waals surface area contributed by atoms with E-state index >= 15 is 0 Å². The molecule has 0 aliphatic carbocycles. The van der Waals surface area contributed by atoms with Crippen molar-refractivity contribution in [3.05, 3.63) is 21.3 Å². The van der Waals surface area contributed by atoms with Crippen molar-refractivity contribution in [1.29, 1.82) is 0 Å². The van der Waals surface area contributed by atoms with Crippen LogP contribution >= 0.6 is 22.6 Å². The third kappa shape index (κ3) is 2.96. The molecule has 84 valence electrons. The van der Waals surface area contributed by atoms with Crippen LogP contribution in [0.2, 0.25) is 0 Å². The maximum absolute atomic E-state index is 9.82. The van der Waals surface area contributed by atoms with E-state index in [0.29, 0.717) is 17.7 Å². The topological polar surface area (TPSA) is 75.7 Å². The van der Waals surface area contributed by atoms with Gasteiger partial charge in [-0.15, -0.1) is 0 Å². The second kappa shape index (κ2) is 5.53. The van der Waals surface area contributed by atoms with Gasteiger partial charge in [-0.25, -0.2) is 0 Å². The molecule has 15 heavy (non-hydrogen) atoms. The molecule has 0 bridgehead atoms. The number of hydrogen-bond donors (Lipinski definition) is 3. The number of benzene rings is 1. The van der Waals surface area contributed by atoms with Gasteiger partial charge in [-0.1, -0.05) is 0 Å². The lowest BCUT2D eigenvalue weighted by molar-refractivity contribution is 0.275. The predicted octanol–water partition coefficient (Wildman–Crippen LogP) is 1.39. The van der Waals surface area contributed by atoms with Gasteiger partial charge in [0.2, 0.25) is 0 Å². The van der Waals surface area contributed by atoms with E-state index in [4.69, 9.17) is 15.6 Å². The standard InChI is InChI=1S/C10H14INO3/c1-15-9-5-6(11)4-7(10(9)14)8(12)2-3-13/h4-5,8,13-14H,2-3,12H2,1H3. The Bertz CT molecular complexity index is 344. The fourth-order valence-electron chi connectivity index (χ4n) is 1.33. The minimum absolute atomic E-state index is 0.00556. The lowest BCUT2D eigenvalue weighted by Gasteiger charge is -2.15. The van der Waals surface area contributed by atoms with Crippen LogP contribution in [0.4, 0.5) is 0 Å². The van der Waals surface area contributed by atoms with Gasteiger partial charge in [0.1, 0.15) is 0 Å². The molecule has 4 N–H and O–H groups in total. The van der Waals surface area contributed by atoms with Crippen molar-refractivity contribution in [2.75, 3.05) is 13.7 Å². The summed E-state index contributed by atoms with van der Waals surface area (Å²) in [5, 5.41) is 18.6. The number of aliphatic hydroxyl groups excluding tert-OH is 1. The number of nitrogens with two attached hydrogens (primary N) is 1. The Hall–Kier alpha value is -0.530. The summed E-state index contributed by atoms with van der Waals surface area (Å²) in [6.07, 6.45) is 0.413. The molecule has 0 fully saturated rings. The first-order valence-electron chi connectivity index (χ1n) is 4.53. The summed E-state index contributed by atoms with van der Waals surface area (Å²) >= 11 is 2.12. The van der Waals surface area contributed by atoms with Crippen molar-refractivity contribution in [2.24, 2.45) is 5.73 Å². The SMILES string of the molecule is COc1cc(I)cc(C(N)CCO)c1O. The molecule has 1 rings (SSSR count). The molecule has 0 aromatic heterocycles. The molecule has 0 aliphatic rings. The normalized spacial score (nSPS) is 12.5. The lowest BCUT2D eigenvalue weighted by atomic mass is 10.0. The van der Waals surface area contributed by atoms with E-state index in [1.165, 1.54) is 7.11 Å². The lowest BCUT2D eigenvalue weighted by Crippen LogP contribution is -2.12. The molecule has 0 saturated heterocycles. The zero-order chi connectivity index (χ0) is 11.4. The second-order valence-electron chi connectivity index (χ2n) is 3.16. The number of rotatable bonds is 4. The summed E-state index contributed by atoms with van der Waals surface area (Å²) in [5.74, 6) is 0.462. The average Bonchev–Trinajstić information content (AvgIpc) is 2.21. The van der Waals surface area contributed by atoms with E-state index in [-0.39, 0.29) is 18.4 Å². The summed E-state index contributed by atoms with van der Waals surface area (Å²) < 4.78 is 5.96. The van der Waals surface area contributed by atoms with Crippen LogP contribution in [0.25, 0.3) is 0 Å². The van der Waals surface area contributed by atoms with E-state index < -0.39 is 0 Å². The maximum atomic E-state index is 9.82. The molecule has 0 amide bonds. The highest BCUT2D eigenvalue weighted by Crippen LogP contribution is 2.35. The summed E-state index contributed by atoms with van der Waals surface area (Å²) in [6, 6.07) is 3.14. The number of aliphatic hydroxyl groups is 1. The van der Waals surface area contributed by atoms with Crippen LogP contribution < -0.4 is 10.5 Å². The molecule has 0 saturated carbocycles. The number of halogens is 1. The zero-order valence-electron chi connectivity index (χ0n) is 8.40. The number of phenolic OH excluding ortho intramolecular Hbond substituents is 1. The van der Waals surface area contributed by atoms with Gasteiger partial charge in [0.25, 0.3) is 0 Å². The summed E-state index contributed by atoms with van der Waals surface area (Å²) in [5.41, 5.74) is 6.42. The first-order valence-corrected chi connectivity index (χ1v) is 5.60. The number of aromatic hydroxyl groups is 1. The average molecular weight is 323 g/mol. The molecule has 0 aliphatic heterocycles. The molecular weight excluding hydrogens is 309 g/mol. The van der Waals surface area contributed by atoms with E-state index in [1.54, 1.807) is 12.1 Å². The van der Waals surface area contributed by atoms with Gasteiger partial charge in [-0.05, 0) is 41.1 Å². The monoisotopic (exact) mass is 323 g/mol. The van der Waals surface area contributed by atoms with Crippen LogP contribution in [0.15, 0.2) is 12.1 Å². The highest BCUT2D eigenvalue weighted by atomic mass is 127. The van der Waals surface area contributed by atoms with Gasteiger partial charge in [0.05, 0.1) is 7.11 Å². The Morgan fingerprint density at radius 1 is 1.53 bits per heavy atom. The van der Waals surface area contributed by atoms with Gasteiger partial charge in [0.15, 0.2) is 11.5 Å². The Morgan fingerprint density at radius 3 is 2.73 bits per heavy atom. The molecule has 1 atom stereocenters. The van der Waals surface area contributed by atoms with Gasteiger partial charge in [-0.3, -0.25) is 0 Å². The summed E-state index contributed by atoms with van der Waals surface area (Å²) in [7, 11) is 1.49. The smallest absolute Gasteiger partial charge is 0.162 e. The first-order chi connectivity index (χ1) is 7.10. The molecule has 4 nitrogen and oxygen atoms in total. The predicted molar refractivity (Wildman–Crippen MR) is 66.0 cm³/mol. The number of phenols is 1. The summed E-state index contributed by atoms with van der Waals surface area (Å²) in [4.78, 5) is 0. The minimum atomic E-state index is -0.376. The van der Waals surface area contributed by atoms with Gasteiger partial charge < -0.3 is 20.7 Å². The quantitative estimate of drug-likeness (QED) is 0.732. The van der Waals surface area contributed by atoms with E-state index in [1.807, 2.05) is 0 Å². The first kappa shape index (κ1) is 12.5. The fraction of sp³-hybridized carbons (Fsp3) is 0.400. The van der Waals surface area contributed by atoms with Crippen LogP contribution in [-0.2, 0) is 0 Å². The van der Waals surface area contributed by atoms with Crippen molar-refractivity contribution in [3.63, 3.8) is 0 Å². The van der Waals surface area contributed by atoms with Crippen molar-refractivity contribution in [3.8, 4) is 11.5 Å².